The molecular formula is C15H29N. The van der Waals surface area contributed by atoms with E-state index in [0.717, 1.165) is 12.1 Å². The van der Waals surface area contributed by atoms with Gasteiger partial charge in [-0.3, -0.25) is 0 Å². The average molecular weight is 223 g/mol. The van der Waals surface area contributed by atoms with Crippen molar-refractivity contribution < 1.29 is 0 Å². The van der Waals surface area contributed by atoms with Crippen molar-refractivity contribution in [3.05, 3.63) is 0 Å². The van der Waals surface area contributed by atoms with E-state index in [1.807, 2.05) is 0 Å². The van der Waals surface area contributed by atoms with E-state index in [-0.39, 0.29) is 0 Å². The average Bonchev–Trinajstić information content (AvgIpc) is 2.46. The number of hydrogen-bond acceptors (Lipinski definition) is 1. The van der Waals surface area contributed by atoms with Crippen LogP contribution >= 0.6 is 0 Å². The first-order valence-electron chi connectivity index (χ1n) is 6.93. The lowest BCUT2D eigenvalue weighted by atomic mass is 9.75. The molecule has 0 spiro atoms. The number of rotatable bonds is 2. The van der Waals surface area contributed by atoms with Crippen molar-refractivity contribution in [1.82, 2.24) is 5.32 Å². The van der Waals surface area contributed by atoms with Crippen LogP contribution in [0.1, 0.15) is 67.2 Å². The van der Waals surface area contributed by atoms with E-state index in [1.54, 1.807) is 0 Å². The zero-order chi connectivity index (χ0) is 12.2. The summed E-state index contributed by atoms with van der Waals surface area (Å²) in [5.74, 6) is 0. The van der Waals surface area contributed by atoms with Crippen molar-refractivity contribution in [2.75, 3.05) is 0 Å². The van der Waals surface area contributed by atoms with Crippen LogP contribution in [-0.4, -0.2) is 12.1 Å². The fraction of sp³-hybridized carbons (Fsp3) is 1.00. The summed E-state index contributed by atoms with van der Waals surface area (Å²) in [5.41, 5.74) is 1.52. The van der Waals surface area contributed by atoms with Gasteiger partial charge in [0.25, 0.3) is 0 Å². The van der Waals surface area contributed by atoms with E-state index >= 15 is 0 Å². The van der Waals surface area contributed by atoms with E-state index in [0.29, 0.717) is 16.2 Å². The Morgan fingerprint density at radius 1 is 0.938 bits per heavy atom. The largest absolute Gasteiger partial charge is 0.310 e. The van der Waals surface area contributed by atoms with Gasteiger partial charge in [0.05, 0.1) is 0 Å². The molecule has 1 heteroatoms. The van der Waals surface area contributed by atoms with Crippen molar-refractivity contribution in [3.63, 3.8) is 0 Å². The minimum Gasteiger partial charge on any atom is -0.310 e. The van der Waals surface area contributed by atoms with Crippen LogP contribution in [0.25, 0.3) is 0 Å². The molecule has 2 saturated carbocycles. The molecule has 2 rings (SSSR count). The van der Waals surface area contributed by atoms with Crippen LogP contribution in [0.15, 0.2) is 0 Å². The molecular weight excluding hydrogens is 194 g/mol. The van der Waals surface area contributed by atoms with Crippen molar-refractivity contribution >= 4 is 0 Å². The normalized spacial score (nSPS) is 36.0. The van der Waals surface area contributed by atoms with Gasteiger partial charge in [0, 0.05) is 12.1 Å². The zero-order valence-electron chi connectivity index (χ0n) is 12.0. The van der Waals surface area contributed by atoms with Crippen LogP contribution in [0.2, 0.25) is 0 Å². The SMILES string of the molecule is CC1(C)CCCC(NC2C(C)(C)C2(C)C)C1. The van der Waals surface area contributed by atoms with Gasteiger partial charge in [-0.2, -0.15) is 0 Å². The van der Waals surface area contributed by atoms with E-state index in [9.17, 15) is 0 Å². The molecule has 0 radical (unpaired) electrons. The predicted molar refractivity (Wildman–Crippen MR) is 70.5 cm³/mol. The van der Waals surface area contributed by atoms with Crippen LogP contribution in [0.4, 0.5) is 0 Å². The highest BCUT2D eigenvalue weighted by atomic mass is 15.1. The Bertz CT molecular complexity index is 261. The maximum absolute atomic E-state index is 3.93. The molecule has 0 aliphatic heterocycles. The molecule has 1 unspecified atom stereocenters. The Kier molecular flexibility index (Phi) is 2.70. The van der Waals surface area contributed by atoms with Crippen LogP contribution in [0.5, 0.6) is 0 Å². The summed E-state index contributed by atoms with van der Waals surface area (Å²) in [6.07, 6.45) is 5.54. The van der Waals surface area contributed by atoms with Crippen LogP contribution in [0.3, 0.4) is 0 Å². The van der Waals surface area contributed by atoms with Gasteiger partial charge in [-0.15, -0.1) is 0 Å². The second-order valence-corrected chi connectivity index (χ2v) is 8.00. The molecule has 0 aromatic rings. The van der Waals surface area contributed by atoms with Gasteiger partial charge in [-0.1, -0.05) is 48.0 Å². The molecule has 2 aliphatic carbocycles. The molecule has 0 heterocycles. The summed E-state index contributed by atoms with van der Waals surface area (Å²) in [7, 11) is 0. The Hall–Kier alpha value is -0.0400. The fourth-order valence-corrected chi connectivity index (χ4v) is 3.69. The third kappa shape index (κ3) is 1.92. The minimum absolute atomic E-state index is 0.481. The van der Waals surface area contributed by atoms with Crippen LogP contribution in [0, 0.1) is 16.2 Å². The molecule has 2 aliphatic rings. The molecule has 0 aromatic carbocycles. The Morgan fingerprint density at radius 3 is 1.94 bits per heavy atom. The van der Waals surface area contributed by atoms with E-state index in [1.165, 1.54) is 25.7 Å². The molecule has 0 amide bonds. The lowest BCUT2D eigenvalue weighted by molar-refractivity contribution is 0.193. The van der Waals surface area contributed by atoms with E-state index < -0.39 is 0 Å². The second kappa shape index (κ2) is 3.48. The number of nitrogens with one attached hydrogen (secondary N) is 1. The first-order valence-corrected chi connectivity index (χ1v) is 6.93. The highest BCUT2D eigenvalue weighted by Crippen LogP contribution is 2.63. The highest BCUT2D eigenvalue weighted by Gasteiger charge is 2.64. The maximum atomic E-state index is 3.93. The monoisotopic (exact) mass is 223 g/mol. The van der Waals surface area contributed by atoms with Gasteiger partial charge in [0.1, 0.15) is 0 Å². The summed E-state index contributed by atoms with van der Waals surface area (Å²) >= 11 is 0. The molecule has 16 heavy (non-hydrogen) atoms. The topological polar surface area (TPSA) is 12.0 Å². The first kappa shape index (κ1) is 12.4. The van der Waals surface area contributed by atoms with Gasteiger partial charge in [0.15, 0.2) is 0 Å². The van der Waals surface area contributed by atoms with Gasteiger partial charge >= 0.3 is 0 Å². The summed E-state index contributed by atoms with van der Waals surface area (Å²) in [4.78, 5) is 0. The third-order valence-electron chi connectivity index (χ3n) is 5.63. The number of hydrogen-bond donors (Lipinski definition) is 1. The fourth-order valence-electron chi connectivity index (χ4n) is 3.69. The maximum Gasteiger partial charge on any atom is 0.0183 e. The van der Waals surface area contributed by atoms with Crippen molar-refractivity contribution in [1.29, 1.82) is 0 Å². The minimum atomic E-state index is 0.481. The standard InChI is InChI=1S/C15H29N/c1-13(2)9-7-8-11(10-13)16-12-14(3,4)15(12,5)6/h11-12,16H,7-10H2,1-6H3. The quantitative estimate of drug-likeness (QED) is 0.746. The molecule has 0 bridgehead atoms. The zero-order valence-corrected chi connectivity index (χ0v) is 12.0. The Morgan fingerprint density at radius 2 is 1.50 bits per heavy atom. The van der Waals surface area contributed by atoms with Crippen LogP contribution < -0.4 is 5.32 Å². The Balaban J connectivity index is 1.92. The molecule has 1 atom stereocenters. The van der Waals surface area contributed by atoms with Crippen molar-refractivity contribution in [2.24, 2.45) is 16.2 Å². The highest BCUT2D eigenvalue weighted by molar-refractivity contribution is 5.18. The molecule has 1 N–H and O–H groups in total. The molecule has 0 aromatic heterocycles. The smallest absolute Gasteiger partial charge is 0.0183 e. The first-order chi connectivity index (χ1) is 7.17. The third-order valence-corrected chi connectivity index (χ3v) is 5.63. The molecule has 94 valence electrons. The van der Waals surface area contributed by atoms with E-state index in [4.69, 9.17) is 0 Å². The van der Waals surface area contributed by atoms with Gasteiger partial charge in [0.2, 0.25) is 0 Å². The molecule has 2 fully saturated rings. The summed E-state index contributed by atoms with van der Waals surface area (Å²) in [5, 5.41) is 3.93. The van der Waals surface area contributed by atoms with Crippen molar-refractivity contribution in [2.45, 2.75) is 79.3 Å². The van der Waals surface area contributed by atoms with Crippen molar-refractivity contribution in [3.8, 4) is 0 Å². The lowest BCUT2D eigenvalue weighted by Crippen LogP contribution is -2.40. The molecule has 0 saturated heterocycles. The summed E-state index contributed by atoms with van der Waals surface area (Å²) < 4.78 is 0. The second-order valence-electron chi connectivity index (χ2n) is 8.00. The summed E-state index contributed by atoms with van der Waals surface area (Å²) in [6, 6.07) is 1.48. The van der Waals surface area contributed by atoms with Gasteiger partial charge < -0.3 is 5.32 Å². The predicted octanol–water partition coefficient (Wildman–Crippen LogP) is 3.98. The van der Waals surface area contributed by atoms with E-state index in [2.05, 4.69) is 46.9 Å². The van der Waals surface area contributed by atoms with Crippen LogP contribution in [-0.2, 0) is 0 Å². The molecule has 1 nitrogen and oxygen atoms in total. The Labute approximate surface area is 101 Å². The van der Waals surface area contributed by atoms with Gasteiger partial charge in [-0.05, 0) is 35.5 Å². The lowest BCUT2D eigenvalue weighted by Gasteiger charge is -2.36. The van der Waals surface area contributed by atoms with Gasteiger partial charge in [-0.25, -0.2) is 0 Å². The summed E-state index contributed by atoms with van der Waals surface area (Å²) in [6.45, 7) is 14.4.